The van der Waals surface area contributed by atoms with Gasteiger partial charge in [-0.3, -0.25) is 9.59 Å². The van der Waals surface area contributed by atoms with Gasteiger partial charge in [0.1, 0.15) is 5.82 Å². The Morgan fingerprint density at radius 2 is 1.74 bits per heavy atom. The summed E-state index contributed by atoms with van der Waals surface area (Å²) in [6.45, 7) is 0.738. The predicted molar refractivity (Wildman–Crippen MR) is 117 cm³/mol. The summed E-state index contributed by atoms with van der Waals surface area (Å²) < 4.78 is 13.2. The van der Waals surface area contributed by atoms with Crippen LogP contribution in [0.2, 0.25) is 0 Å². The smallest absolute Gasteiger partial charge is 0.426 e. The zero-order valence-electron chi connectivity index (χ0n) is 17.9. The molecule has 1 aliphatic heterocycles. The highest BCUT2D eigenvalue weighted by Crippen LogP contribution is 2.37. The highest BCUT2D eigenvalue weighted by Gasteiger charge is 2.39. The molecule has 3 aliphatic rings. The Hall–Kier alpha value is -1.93. The van der Waals surface area contributed by atoms with Crippen molar-refractivity contribution in [1.29, 1.82) is 0 Å². The minimum atomic E-state index is -1.59. The molecule has 31 heavy (non-hydrogen) atoms. The molecule has 3 N–H and O–H groups in total. The fraction of sp³-hybridized carbons (Fsp3) is 0.652. The number of Topliss-reactive ketones (excluding diaryl/α,β-unsaturated/α-hetero) is 1. The van der Waals surface area contributed by atoms with Crippen molar-refractivity contribution >= 4 is 24.5 Å². The van der Waals surface area contributed by atoms with Crippen LogP contribution in [0.3, 0.4) is 0 Å². The van der Waals surface area contributed by atoms with Gasteiger partial charge in [0.05, 0.1) is 12.0 Å². The van der Waals surface area contributed by atoms with Crippen molar-refractivity contribution in [2.24, 2.45) is 17.8 Å². The quantitative estimate of drug-likeness (QED) is 0.470. The maximum absolute atomic E-state index is 13.2. The summed E-state index contributed by atoms with van der Waals surface area (Å²) in [7, 11) is -1.59. The van der Waals surface area contributed by atoms with Gasteiger partial charge >= 0.3 is 7.12 Å². The van der Waals surface area contributed by atoms with Crippen molar-refractivity contribution in [3.63, 3.8) is 0 Å². The maximum Gasteiger partial charge on any atom is 0.475 e. The van der Waals surface area contributed by atoms with Crippen LogP contribution in [-0.2, 0) is 9.59 Å². The SMILES string of the molecule is O=C(N[C@@H](CC1CCC1)B(O)O)[C@@H](CC(=O)[C@@H]1CCN1c1ccc(F)cc1)CC1CC1. The van der Waals surface area contributed by atoms with Crippen LogP contribution in [-0.4, -0.2) is 47.4 Å². The Labute approximate surface area is 183 Å². The standard InChI is InChI=1S/C23H32BFN2O4/c25-18-6-8-19(9-7-18)27-11-10-20(27)21(28)14-17(12-16-4-5-16)23(29)26-22(24(30)31)13-15-2-1-3-15/h6-9,15-17,20,22,30-31H,1-5,10-14H2,(H,26,29)/t17-,20+,22+/m1/s1. The van der Waals surface area contributed by atoms with Crippen molar-refractivity contribution in [2.75, 3.05) is 11.4 Å². The summed E-state index contributed by atoms with van der Waals surface area (Å²) in [4.78, 5) is 28.0. The van der Waals surface area contributed by atoms with Crippen molar-refractivity contribution in [1.82, 2.24) is 5.32 Å². The van der Waals surface area contributed by atoms with E-state index >= 15 is 0 Å². The number of nitrogens with one attached hydrogen (secondary N) is 1. The van der Waals surface area contributed by atoms with Gasteiger partial charge in [-0.1, -0.05) is 32.1 Å². The third-order valence-electron chi connectivity index (χ3n) is 7.18. The third-order valence-corrected chi connectivity index (χ3v) is 7.18. The highest BCUT2D eigenvalue weighted by atomic mass is 19.1. The Balaban J connectivity index is 1.37. The van der Waals surface area contributed by atoms with Crippen LogP contribution in [0.15, 0.2) is 24.3 Å². The van der Waals surface area contributed by atoms with Gasteiger partial charge in [-0.15, -0.1) is 0 Å². The van der Waals surface area contributed by atoms with Crippen molar-refractivity contribution in [2.45, 2.75) is 69.8 Å². The second kappa shape index (κ2) is 9.69. The lowest BCUT2D eigenvalue weighted by molar-refractivity contribution is -0.131. The van der Waals surface area contributed by atoms with E-state index in [0.29, 0.717) is 24.7 Å². The van der Waals surface area contributed by atoms with Gasteiger partial charge < -0.3 is 20.3 Å². The number of hydrogen-bond acceptors (Lipinski definition) is 5. The zero-order valence-corrected chi connectivity index (χ0v) is 17.9. The van der Waals surface area contributed by atoms with Crippen molar-refractivity contribution in [3.05, 3.63) is 30.1 Å². The summed E-state index contributed by atoms with van der Waals surface area (Å²) >= 11 is 0. The van der Waals surface area contributed by atoms with Gasteiger partial charge in [-0.05, 0) is 55.4 Å². The first-order valence-corrected chi connectivity index (χ1v) is 11.6. The molecule has 2 aliphatic carbocycles. The molecule has 168 valence electrons. The van der Waals surface area contributed by atoms with E-state index in [1.165, 1.54) is 12.1 Å². The first-order chi connectivity index (χ1) is 14.9. The molecule has 1 aromatic carbocycles. The normalized spacial score (nSPS) is 22.8. The van der Waals surface area contributed by atoms with Crippen LogP contribution in [0.5, 0.6) is 0 Å². The van der Waals surface area contributed by atoms with Gasteiger partial charge in [0.15, 0.2) is 5.78 Å². The van der Waals surface area contributed by atoms with Crippen LogP contribution >= 0.6 is 0 Å². The Morgan fingerprint density at radius 3 is 2.26 bits per heavy atom. The second-order valence-corrected chi connectivity index (χ2v) is 9.58. The number of rotatable bonds is 11. The molecular weight excluding hydrogens is 398 g/mol. The number of anilines is 1. The first kappa shape index (κ1) is 22.3. The molecule has 0 radical (unpaired) electrons. The topological polar surface area (TPSA) is 89.9 Å². The minimum absolute atomic E-state index is 0.0245. The van der Waals surface area contributed by atoms with Gasteiger partial charge in [0.2, 0.25) is 5.91 Å². The monoisotopic (exact) mass is 430 g/mol. The average molecular weight is 430 g/mol. The van der Waals surface area contributed by atoms with Gasteiger partial charge in [0.25, 0.3) is 0 Å². The lowest BCUT2D eigenvalue weighted by Gasteiger charge is -2.42. The summed E-state index contributed by atoms with van der Waals surface area (Å²) in [5, 5.41) is 22.3. The number of amides is 1. The fourth-order valence-corrected chi connectivity index (χ4v) is 4.72. The van der Waals surface area contributed by atoms with Crippen molar-refractivity contribution < 1.29 is 24.0 Å². The Morgan fingerprint density at radius 1 is 1.06 bits per heavy atom. The van der Waals surface area contributed by atoms with E-state index in [-0.39, 0.29) is 30.0 Å². The number of benzene rings is 1. The summed E-state index contributed by atoms with van der Waals surface area (Å²) in [5.74, 6) is -0.762. The zero-order chi connectivity index (χ0) is 22.0. The molecule has 1 saturated heterocycles. The van der Waals surface area contributed by atoms with Crippen LogP contribution in [0.25, 0.3) is 0 Å². The molecule has 0 bridgehead atoms. The minimum Gasteiger partial charge on any atom is -0.426 e. The second-order valence-electron chi connectivity index (χ2n) is 9.58. The molecule has 2 saturated carbocycles. The molecule has 1 amide bonds. The number of carbonyl (C=O) groups is 2. The van der Waals surface area contributed by atoms with Crippen molar-refractivity contribution in [3.8, 4) is 0 Å². The molecule has 0 unspecified atom stereocenters. The van der Waals surface area contributed by atoms with Gasteiger partial charge in [0, 0.05) is 24.6 Å². The van der Waals surface area contributed by atoms with E-state index in [1.54, 1.807) is 12.1 Å². The lowest BCUT2D eigenvalue weighted by Crippen LogP contribution is -2.54. The Bertz CT molecular complexity index is 782. The molecule has 3 fully saturated rings. The molecule has 0 aromatic heterocycles. The van der Waals surface area contributed by atoms with Crippen LogP contribution in [0.1, 0.15) is 57.8 Å². The number of halogens is 1. The summed E-state index contributed by atoms with van der Waals surface area (Å²) in [6.07, 6.45) is 7.54. The number of hydrogen-bond donors (Lipinski definition) is 3. The van der Waals surface area contributed by atoms with Gasteiger partial charge in [-0.2, -0.15) is 0 Å². The van der Waals surface area contributed by atoms with E-state index < -0.39 is 19.0 Å². The summed E-state index contributed by atoms with van der Waals surface area (Å²) in [5.41, 5.74) is 0.818. The van der Waals surface area contributed by atoms with Crippen LogP contribution < -0.4 is 10.2 Å². The van der Waals surface area contributed by atoms with Crippen LogP contribution in [0.4, 0.5) is 10.1 Å². The third kappa shape index (κ3) is 5.66. The van der Waals surface area contributed by atoms with E-state index in [0.717, 1.165) is 50.8 Å². The molecule has 8 heteroatoms. The number of carbonyl (C=O) groups excluding carboxylic acids is 2. The van der Waals surface area contributed by atoms with E-state index in [1.807, 2.05) is 4.90 Å². The molecular formula is C23H32BFN2O4. The average Bonchev–Trinajstić information content (AvgIpc) is 3.47. The highest BCUT2D eigenvalue weighted by molar-refractivity contribution is 6.43. The molecule has 0 spiro atoms. The number of nitrogens with zero attached hydrogens (tertiary/aromatic N) is 1. The molecule has 1 aromatic rings. The molecule has 4 rings (SSSR count). The van der Waals surface area contributed by atoms with Gasteiger partial charge in [-0.25, -0.2) is 4.39 Å². The summed E-state index contributed by atoms with van der Waals surface area (Å²) in [6, 6.07) is 5.85. The first-order valence-electron chi connectivity index (χ1n) is 11.6. The molecule has 6 nitrogen and oxygen atoms in total. The number of ketones is 1. The van der Waals surface area contributed by atoms with E-state index in [4.69, 9.17) is 0 Å². The van der Waals surface area contributed by atoms with E-state index in [9.17, 15) is 24.0 Å². The molecule has 1 heterocycles. The maximum atomic E-state index is 13.2. The largest absolute Gasteiger partial charge is 0.475 e. The Kier molecular flexibility index (Phi) is 6.97. The van der Waals surface area contributed by atoms with Crippen LogP contribution in [0, 0.1) is 23.6 Å². The lowest BCUT2D eigenvalue weighted by atomic mass is 9.69. The fourth-order valence-electron chi connectivity index (χ4n) is 4.72. The molecule has 3 atom stereocenters. The predicted octanol–water partition coefficient (Wildman–Crippen LogP) is 2.47. The van der Waals surface area contributed by atoms with E-state index in [2.05, 4.69) is 5.32 Å².